The van der Waals surface area contributed by atoms with Crippen LogP contribution >= 0.6 is 0 Å². The summed E-state index contributed by atoms with van der Waals surface area (Å²) in [7, 11) is -2.94. The highest BCUT2D eigenvalue weighted by Crippen LogP contribution is 2.11. The molecule has 1 fully saturated rings. The molecule has 1 saturated heterocycles. The predicted octanol–water partition coefficient (Wildman–Crippen LogP) is 0.0679. The highest BCUT2D eigenvalue weighted by atomic mass is 32.2. The molecule has 1 atom stereocenters. The minimum Gasteiger partial charge on any atom is -0.352 e. The number of carbonyl (C=O) groups is 1. The summed E-state index contributed by atoms with van der Waals surface area (Å²) in [5.74, 6) is 0.283. The van der Waals surface area contributed by atoms with Gasteiger partial charge in [0.05, 0.1) is 11.5 Å². The fourth-order valence-corrected chi connectivity index (χ4v) is 3.55. The fraction of sp³-hybridized carbons (Fsp3) is 0.909. The maximum Gasteiger partial charge on any atom is 0.221 e. The molecule has 0 aromatic carbocycles. The molecular formula is C11H22N2O3S. The highest BCUT2D eigenvalue weighted by molar-refractivity contribution is 7.91. The van der Waals surface area contributed by atoms with Gasteiger partial charge in [-0.3, -0.25) is 4.79 Å². The van der Waals surface area contributed by atoms with E-state index in [1.54, 1.807) is 0 Å². The van der Waals surface area contributed by atoms with Gasteiger partial charge in [0.15, 0.2) is 9.84 Å². The first-order valence-electron chi connectivity index (χ1n) is 6.12. The summed E-state index contributed by atoms with van der Waals surface area (Å²) >= 11 is 0. The summed E-state index contributed by atoms with van der Waals surface area (Å²) in [6.07, 6.45) is 1.81. The molecule has 0 aliphatic carbocycles. The summed E-state index contributed by atoms with van der Waals surface area (Å²) in [5, 5.41) is 5.94. The first kappa shape index (κ1) is 14.4. The van der Waals surface area contributed by atoms with E-state index in [1.807, 2.05) is 13.8 Å². The first-order chi connectivity index (χ1) is 7.89. The Hall–Kier alpha value is -0.620. The third-order valence-corrected chi connectivity index (χ3v) is 4.55. The van der Waals surface area contributed by atoms with Crippen LogP contribution in [0.25, 0.3) is 0 Å². The summed E-state index contributed by atoms with van der Waals surface area (Å²) in [4.78, 5) is 11.6. The number of carbonyl (C=O) groups excluding carboxylic acids is 1. The van der Waals surface area contributed by atoms with Crippen molar-refractivity contribution in [1.29, 1.82) is 0 Å². The molecule has 2 N–H and O–H groups in total. The second kappa shape index (κ2) is 6.35. The predicted molar refractivity (Wildman–Crippen MR) is 67.6 cm³/mol. The van der Waals surface area contributed by atoms with Gasteiger partial charge in [-0.1, -0.05) is 13.8 Å². The van der Waals surface area contributed by atoms with Crippen molar-refractivity contribution in [2.75, 3.05) is 18.1 Å². The van der Waals surface area contributed by atoms with Crippen LogP contribution in [0, 0.1) is 0 Å². The van der Waals surface area contributed by atoms with E-state index in [9.17, 15) is 13.2 Å². The van der Waals surface area contributed by atoms with Gasteiger partial charge in [0.1, 0.15) is 0 Å². The van der Waals surface area contributed by atoms with Gasteiger partial charge < -0.3 is 10.6 Å². The van der Waals surface area contributed by atoms with E-state index in [4.69, 9.17) is 0 Å². The smallest absolute Gasteiger partial charge is 0.221 e. The third kappa shape index (κ3) is 6.02. The Morgan fingerprint density at radius 3 is 2.71 bits per heavy atom. The SMILES string of the molecule is CC(C)NCCC(=O)NC1CCCS(=O)(=O)C1. The lowest BCUT2D eigenvalue weighted by atomic mass is 10.2. The zero-order valence-corrected chi connectivity index (χ0v) is 11.3. The quantitative estimate of drug-likeness (QED) is 0.735. The van der Waals surface area contributed by atoms with Crippen LogP contribution < -0.4 is 10.6 Å². The summed E-state index contributed by atoms with van der Waals surface area (Å²) < 4.78 is 22.8. The Kier molecular flexibility index (Phi) is 5.39. The van der Waals surface area contributed by atoms with Crippen molar-refractivity contribution in [2.24, 2.45) is 0 Å². The van der Waals surface area contributed by atoms with E-state index in [2.05, 4.69) is 10.6 Å². The minimum atomic E-state index is -2.94. The van der Waals surface area contributed by atoms with E-state index in [1.165, 1.54) is 0 Å². The van der Waals surface area contributed by atoms with Crippen LogP contribution in [-0.4, -0.2) is 44.5 Å². The number of hydrogen-bond acceptors (Lipinski definition) is 4. The van der Waals surface area contributed by atoms with Gasteiger partial charge in [-0.2, -0.15) is 0 Å². The fourth-order valence-electron chi connectivity index (χ4n) is 1.91. The van der Waals surface area contributed by atoms with Gasteiger partial charge in [0.25, 0.3) is 0 Å². The molecule has 0 bridgehead atoms. The van der Waals surface area contributed by atoms with Crippen molar-refractivity contribution < 1.29 is 13.2 Å². The van der Waals surface area contributed by atoms with E-state index in [0.717, 1.165) is 6.42 Å². The van der Waals surface area contributed by atoms with E-state index in [-0.39, 0.29) is 23.5 Å². The van der Waals surface area contributed by atoms with Gasteiger partial charge in [0, 0.05) is 25.0 Å². The lowest BCUT2D eigenvalue weighted by Gasteiger charge is -2.23. The van der Waals surface area contributed by atoms with Crippen molar-refractivity contribution in [3.63, 3.8) is 0 Å². The minimum absolute atomic E-state index is 0.0692. The van der Waals surface area contributed by atoms with Gasteiger partial charge >= 0.3 is 0 Å². The summed E-state index contributed by atoms with van der Waals surface area (Å²) in [5.41, 5.74) is 0. The Morgan fingerprint density at radius 1 is 1.41 bits per heavy atom. The van der Waals surface area contributed by atoms with Crippen LogP contribution in [-0.2, 0) is 14.6 Å². The Labute approximate surface area is 103 Å². The first-order valence-corrected chi connectivity index (χ1v) is 7.94. The van der Waals surface area contributed by atoms with Crippen molar-refractivity contribution in [1.82, 2.24) is 10.6 Å². The summed E-state index contributed by atoms with van der Waals surface area (Å²) in [6.45, 7) is 4.67. The maximum absolute atomic E-state index is 11.6. The highest BCUT2D eigenvalue weighted by Gasteiger charge is 2.25. The molecule has 5 nitrogen and oxygen atoms in total. The molecule has 0 aromatic rings. The molecule has 17 heavy (non-hydrogen) atoms. The third-order valence-electron chi connectivity index (χ3n) is 2.73. The molecule has 1 aliphatic rings. The van der Waals surface area contributed by atoms with Gasteiger partial charge in [-0.05, 0) is 12.8 Å². The average Bonchev–Trinajstić information content (AvgIpc) is 2.14. The molecule has 1 unspecified atom stereocenters. The molecule has 1 amide bonds. The lowest BCUT2D eigenvalue weighted by molar-refractivity contribution is -0.121. The second-order valence-electron chi connectivity index (χ2n) is 4.88. The van der Waals surface area contributed by atoms with E-state index < -0.39 is 9.84 Å². The van der Waals surface area contributed by atoms with Crippen LogP contribution in [0.3, 0.4) is 0 Å². The standard InChI is InChI=1S/C11H22N2O3S/c1-9(2)12-6-5-11(14)13-10-4-3-7-17(15,16)8-10/h9-10,12H,3-8H2,1-2H3,(H,13,14). The van der Waals surface area contributed by atoms with Crippen molar-refractivity contribution in [3.8, 4) is 0 Å². The van der Waals surface area contributed by atoms with Crippen molar-refractivity contribution in [3.05, 3.63) is 0 Å². The van der Waals surface area contributed by atoms with Crippen molar-refractivity contribution in [2.45, 2.75) is 45.2 Å². The van der Waals surface area contributed by atoms with Crippen LogP contribution in [0.15, 0.2) is 0 Å². The maximum atomic E-state index is 11.6. The second-order valence-corrected chi connectivity index (χ2v) is 7.11. The molecule has 0 saturated carbocycles. The molecule has 1 rings (SSSR count). The van der Waals surface area contributed by atoms with E-state index in [0.29, 0.717) is 25.4 Å². The zero-order valence-electron chi connectivity index (χ0n) is 10.5. The summed E-state index contributed by atoms with van der Waals surface area (Å²) in [6, 6.07) is 0.165. The largest absolute Gasteiger partial charge is 0.352 e. The number of amides is 1. The molecule has 0 aromatic heterocycles. The van der Waals surface area contributed by atoms with Crippen LogP contribution in [0.2, 0.25) is 0 Å². The van der Waals surface area contributed by atoms with E-state index >= 15 is 0 Å². The molecule has 0 radical (unpaired) electrons. The normalized spacial score (nSPS) is 23.6. The zero-order chi connectivity index (χ0) is 12.9. The molecule has 100 valence electrons. The molecule has 1 aliphatic heterocycles. The Bertz CT molecular complexity index is 352. The Balaban J connectivity index is 2.26. The van der Waals surface area contributed by atoms with Gasteiger partial charge in [0.2, 0.25) is 5.91 Å². The average molecular weight is 262 g/mol. The molecular weight excluding hydrogens is 240 g/mol. The molecule has 1 heterocycles. The lowest BCUT2D eigenvalue weighted by Crippen LogP contribution is -2.44. The number of nitrogens with one attached hydrogen (secondary N) is 2. The van der Waals surface area contributed by atoms with Crippen molar-refractivity contribution >= 4 is 15.7 Å². The molecule has 0 spiro atoms. The van der Waals surface area contributed by atoms with Crippen LogP contribution in [0.5, 0.6) is 0 Å². The number of rotatable bonds is 5. The van der Waals surface area contributed by atoms with Gasteiger partial charge in [-0.15, -0.1) is 0 Å². The number of sulfone groups is 1. The van der Waals surface area contributed by atoms with Gasteiger partial charge in [-0.25, -0.2) is 8.42 Å². The number of hydrogen-bond donors (Lipinski definition) is 2. The Morgan fingerprint density at radius 2 is 2.12 bits per heavy atom. The van der Waals surface area contributed by atoms with Crippen LogP contribution in [0.4, 0.5) is 0 Å². The van der Waals surface area contributed by atoms with Crippen LogP contribution in [0.1, 0.15) is 33.1 Å². The monoisotopic (exact) mass is 262 g/mol. The molecule has 6 heteroatoms. The topological polar surface area (TPSA) is 75.3 Å².